The molecule has 0 aliphatic carbocycles. The van der Waals surface area contributed by atoms with E-state index in [4.69, 9.17) is 17.6 Å². The summed E-state index contributed by atoms with van der Waals surface area (Å²) in [4.78, 5) is 27.0. The zero-order valence-corrected chi connectivity index (χ0v) is 14.7. The Morgan fingerprint density at radius 2 is 1.50 bits per heavy atom. The van der Waals surface area contributed by atoms with Crippen molar-refractivity contribution in [3.8, 4) is 36.2 Å². The molecule has 1 heterocycles. The lowest BCUT2D eigenvalue weighted by molar-refractivity contribution is 0.0925. The summed E-state index contributed by atoms with van der Waals surface area (Å²) in [6.07, 6.45) is 10.8. The topological polar surface area (TPSA) is 46.6 Å². The van der Waals surface area contributed by atoms with Crippen molar-refractivity contribution in [3.05, 3.63) is 89.0 Å². The highest BCUT2D eigenvalue weighted by molar-refractivity contribution is 6.35. The molecule has 28 heavy (non-hydrogen) atoms. The minimum absolute atomic E-state index is 0.222. The van der Waals surface area contributed by atoms with Gasteiger partial charge in [-0.1, -0.05) is 24.0 Å². The molecule has 1 aliphatic heterocycles. The maximum Gasteiger partial charge on any atom is 0.269 e. The molecule has 0 unspecified atom stereocenters. The van der Waals surface area contributed by atoms with E-state index in [1.54, 1.807) is 66.7 Å². The Hall–Kier alpha value is -4.28. The number of hydrogen-bond donors (Lipinski definition) is 0. The minimum atomic E-state index is -0.454. The van der Waals surface area contributed by atoms with E-state index in [2.05, 4.69) is 11.8 Å². The molecule has 0 fully saturated rings. The van der Waals surface area contributed by atoms with Gasteiger partial charge in [0.05, 0.1) is 16.8 Å². The third-order valence-electron chi connectivity index (χ3n) is 4.40. The molecule has 0 saturated carbocycles. The van der Waals surface area contributed by atoms with E-state index < -0.39 is 11.8 Å². The monoisotopic (exact) mass is 363 g/mol. The number of imide groups is 1. The maximum absolute atomic E-state index is 13.1. The van der Waals surface area contributed by atoms with Crippen LogP contribution in [0.1, 0.15) is 31.8 Å². The zero-order valence-electron chi connectivity index (χ0n) is 14.7. The summed E-state index contributed by atoms with van der Waals surface area (Å²) in [6, 6.07) is 18.6. The number of anilines is 1. The second kappa shape index (κ2) is 6.79. The van der Waals surface area contributed by atoms with Gasteiger partial charge in [0.25, 0.3) is 11.8 Å². The lowest BCUT2D eigenvalue weighted by Crippen LogP contribution is -2.29. The summed E-state index contributed by atoms with van der Waals surface area (Å²) in [7, 11) is 0. The Bertz CT molecular complexity index is 1190. The van der Waals surface area contributed by atoms with Crippen LogP contribution in [0.4, 0.5) is 5.69 Å². The van der Waals surface area contributed by atoms with Crippen molar-refractivity contribution < 1.29 is 14.3 Å². The van der Waals surface area contributed by atoms with E-state index >= 15 is 0 Å². The molecule has 0 atom stereocenters. The molecule has 1 aliphatic rings. The average Bonchev–Trinajstić information content (AvgIpc) is 3.00. The van der Waals surface area contributed by atoms with Crippen LogP contribution in [0, 0.1) is 24.7 Å². The molecule has 4 nitrogen and oxygen atoms in total. The predicted octanol–water partition coefficient (Wildman–Crippen LogP) is 4.24. The standard InChI is InChI=1S/C24H13NO3/c1-3-16-11-13-19(14-12-16)28-21-10-6-9-20-22(21)24(27)25(23(20)26)18-8-5-7-17(4-2)15-18/h1-2,5-15H. The van der Waals surface area contributed by atoms with Crippen LogP contribution in [0.2, 0.25) is 0 Å². The van der Waals surface area contributed by atoms with Crippen LogP contribution in [0.25, 0.3) is 0 Å². The summed E-state index contributed by atoms with van der Waals surface area (Å²) in [5, 5.41) is 0. The van der Waals surface area contributed by atoms with Crippen LogP contribution in [-0.2, 0) is 0 Å². The van der Waals surface area contributed by atoms with Crippen LogP contribution >= 0.6 is 0 Å². The van der Waals surface area contributed by atoms with Crippen LogP contribution in [0.15, 0.2) is 66.7 Å². The van der Waals surface area contributed by atoms with Crippen LogP contribution in [-0.4, -0.2) is 11.8 Å². The van der Waals surface area contributed by atoms with Crippen molar-refractivity contribution >= 4 is 17.5 Å². The van der Waals surface area contributed by atoms with Gasteiger partial charge < -0.3 is 4.74 Å². The van der Waals surface area contributed by atoms with Crippen molar-refractivity contribution in [1.82, 2.24) is 0 Å². The highest BCUT2D eigenvalue weighted by Gasteiger charge is 2.39. The molecule has 3 aromatic carbocycles. The Morgan fingerprint density at radius 1 is 0.786 bits per heavy atom. The molecule has 2 amide bonds. The van der Waals surface area contributed by atoms with E-state index in [1.807, 2.05) is 0 Å². The van der Waals surface area contributed by atoms with Crippen molar-refractivity contribution in [2.45, 2.75) is 0 Å². The van der Waals surface area contributed by atoms with Crippen molar-refractivity contribution in [2.75, 3.05) is 4.90 Å². The molecule has 0 radical (unpaired) electrons. The first kappa shape index (κ1) is 17.1. The fraction of sp³-hybridized carbons (Fsp3) is 0. The number of rotatable bonds is 3. The smallest absolute Gasteiger partial charge is 0.269 e. The van der Waals surface area contributed by atoms with Gasteiger partial charge in [0.15, 0.2) is 0 Å². The number of amides is 2. The van der Waals surface area contributed by atoms with Gasteiger partial charge in [-0.25, -0.2) is 4.90 Å². The largest absolute Gasteiger partial charge is 0.457 e. The summed E-state index contributed by atoms with van der Waals surface area (Å²) in [5.74, 6) is 4.99. The van der Waals surface area contributed by atoms with Gasteiger partial charge in [0.1, 0.15) is 11.5 Å². The first-order valence-corrected chi connectivity index (χ1v) is 8.45. The van der Waals surface area contributed by atoms with Gasteiger partial charge >= 0.3 is 0 Å². The molecule has 0 aromatic heterocycles. The van der Waals surface area contributed by atoms with E-state index in [1.165, 1.54) is 0 Å². The van der Waals surface area contributed by atoms with Crippen LogP contribution < -0.4 is 9.64 Å². The molecule has 0 bridgehead atoms. The van der Waals surface area contributed by atoms with Gasteiger partial charge in [-0.3, -0.25) is 9.59 Å². The summed E-state index contributed by atoms with van der Waals surface area (Å²) in [5.41, 5.74) is 2.23. The molecule has 3 aromatic rings. The maximum atomic E-state index is 13.1. The predicted molar refractivity (Wildman–Crippen MR) is 106 cm³/mol. The summed E-state index contributed by atoms with van der Waals surface area (Å²) < 4.78 is 5.87. The molecule has 0 spiro atoms. The number of benzene rings is 3. The Kier molecular flexibility index (Phi) is 4.16. The van der Waals surface area contributed by atoms with Gasteiger partial charge in [0.2, 0.25) is 0 Å². The first-order chi connectivity index (χ1) is 13.6. The fourth-order valence-electron chi connectivity index (χ4n) is 3.05. The fourth-order valence-corrected chi connectivity index (χ4v) is 3.05. The molecule has 0 N–H and O–H groups in total. The lowest BCUT2D eigenvalue weighted by Gasteiger charge is -2.14. The third kappa shape index (κ3) is 2.80. The second-order valence-electron chi connectivity index (χ2n) is 6.09. The highest BCUT2D eigenvalue weighted by Crippen LogP contribution is 2.36. The van der Waals surface area contributed by atoms with E-state index in [0.29, 0.717) is 22.7 Å². The molecule has 4 heteroatoms. The Labute approximate surface area is 162 Å². The number of carbonyl (C=O) groups is 2. The van der Waals surface area contributed by atoms with Gasteiger partial charge in [0, 0.05) is 11.1 Å². The number of fused-ring (bicyclic) bond motifs is 1. The number of nitrogens with zero attached hydrogens (tertiary/aromatic N) is 1. The van der Waals surface area contributed by atoms with Crippen molar-refractivity contribution in [3.63, 3.8) is 0 Å². The van der Waals surface area contributed by atoms with E-state index in [0.717, 1.165) is 10.5 Å². The molecule has 132 valence electrons. The number of terminal acetylenes is 2. The lowest BCUT2D eigenvalue weighted by atomic mass is 10.1. The number of ether oxygens (including phenoxy) is 1. The SMILES string of the molecule is C#Cc1ccc(Oc2cccc3c2C(=O)N(c2cccc(C#C)c2)C3=O)cc1. The third-order valence-corrected chi connectivity index (χ3v) is 4.40. The Balaban J connectivity index is 1.73. The normalized spacial score (nSPS) is 12.3. The zero-order chi connectivity index (χ0) is 19.7. The van der Waals surface area contributed by atoms with Gasteiger partial charge in [-0.05, 0) is 54.6 Å². The van der Waals surface area contributed by atoms with E-state index in [9.17, 15) is 9.59 Å². The van der Waals surface area contributed by atoms with Crippen LogP contribution in [0.5, 0.6) is 11.5 Å². The van der Waals surface area contributed by atoms with Crippen LogP contribution in [0.3, 0.4) is 0 Å². The van der Waals surface area contributed by atoms with Crippen molar-refractivity contribution in [1.29, 1.82) is 0 Å². The second-order valence-corrected chi connectivity index (χ2v) is 6.09. The molecular weight excluding hydrogens is 350 g/mol. The summed E-state index contributed by atoms with van der Waals surface area (Å²) in [6.45, 7) is 0. The van der Waals surface area contributed by atoms with Gasteiger partial charge in [-0.2, -0.15) is 0 Å². The van der Waals surface area contributed by atoms with Gasteiger partial charge in [-0.15, -0.1) is 12.8 Å². The average molecular weight is 363 g/mol. The molecule has 4 rings (SSSR count). The van der Waals surface area contributed by atoms with Crippen molar-refractivity contribution in [2.24, 2.45) is 0 Å². The van der Waals surface area contributed by atoms with E-state index in [-0.39, 0.29) is 11.1 Å². The number of hydrogen-bond acceptors (Lipinski definition) is 3. The quantitative estimate of drug-likeness (QED) is 0.516. The minimum Gasteiger partial charge on any atom is -0.457 e. The Morgan fingerprint density at radius 3 is 2.21 bits per heavy atom. The summed E-state index contributed by atoms with van der Waals surface area (Å²) >= 11 is 0. The highest BCUT2D eigenvalue weighted by atomic mass is 16.5. The molecular formula is C24H13NO3. The number of carbonyl (C=O) groups excluding carboxylic acids is 2. The first-order valence-electron chi connectivity index (χ1n) is 8.45. The molecule has 0 saturated heterocycles.